The zero-order valence-electron chi connectivity index (χ0n) is 16.1. The fourth-order valence-corrected chi connectivity index (χ4v) is 2.64. The molecule has 0 fully saturated rings. The van der Waals surface area contributed by atoms with Crippen molar-refractivity contribution in [1.82, 2.24) is 0 Å². The third kappa shape index (κ3) is 8.09. The summed E-state index contributed by atoms with van der Waals surface area (Å²) in [6.45, 7) is 4.24. The molecule has 0 saturated heterocycles. The number of aliphatic hydroxyl groups is 1. The van der Waals surface area contributed by atoms with Gasteiger partial charge in [-0.25, -0.2) is 0 Å². The van der Waals surface area contributed by atoms with Crippen molar-refractivity contribution in [2.75, 3.05) is 6.61 Å². The van der Waals surface area contributed by atoms with Gasteiger partial charge < -0.3 is 14.6 Å². The summed E-state index contributed by atoms with van der Waals surface area (Å²) in [4.78, 5) is 11.5. The molecule has 0 spiro atoms. The number of allylic oxidation sites excluding steroid dienone is 1. The van der Waals surface area contributed by atoms with Gasteiger partial charge >= 0.3 is 5.97 Å². The van der Waals surface area contributed by atoms with Gasteiger partial charge in [0.05, 0.1) is 18.6 Å². The van der Waals surface area contributed by atoms with E-state index in [0.717, 1.165) is 24.2 Å². The highest BCUT2D eigenvalue weighted by Crippen LogP contribution is 2.16. The van der Waals surface area contributed by atoms with Crippen LogP contribution in [-0.4, -0.2) is 23.3 Å². The van der Waals surface area contributed by atoms with Gasteiger partial charge in [-0.15, -0.1) is 0 Å². The third-order valence-electron chi connectivity index (χ3n) is 4.06. The van der Waals surface area contributed by atoms with Gasteiger partial charge in [0, 0.05) is 0 Å². The van der Waals surface area contributed by atoms with Gasteiger partial charge in [0.15, 0.2) is 0 Å². The minimum Gasteiger partial charge on any atom is -0.489 e. The Balaban J connectivity index is 1.75. The number of ether oxygens (including phenoxy) is 2. The van der Waals surface area contributed by atoms with Crippen molar-refractivity contribution < 1.29 is 19.4 Å². The first-order chi connectivity index (χ1) is 13.0. The van der Waals surface area contributed by atoms with Crippen LogP contribution in [0.25, 0.3) is 0 Å². The number of benzene rings is 2. The molecule has 4 nitrogen and oxygen atoms in total. The molecule has 0 heterocycles. The number of hydrogen-bond acceptors (Lipinski definition) is 4. The van der Waals surface area contributed by atoms with Gasteiger partial charge in [-0.3, -0.25) is 4.79 Å². The number of rotatable bonds is 10. The third-order valence-corrected chi connectivity index (χ3v) is 4.06. The maximum absolute atomic E-state index is 11.5. The zero-order valence-corrected chi connectivity index (χ0v) is 16.1. The lowest BCUT2D eigenvalue weighted by Gasteiger charge is -2.17. The Morgan fingerprint density at radius 3 is 2.44 bits per heavy atom. The summed E-state index contributed by atoms with van der Waals surface area (Å²) in [5, 5.41) is 10.2. The van der Waals surface area contributed by atoms with Crippen molar-refractivity contribution in [2.45, 2.75) is 45.3 Å². The highest BCUT2D eigenvalue weighted by atomic mass is 16.5. The first-order valence-electron chi connectivity index (χ1n) is 9.30. The van der Waals surface area contributed by atoms with Crippen LogP contribution in [0.1, 0.15) is 37.8 Å². The molecule has 0 aliphatic rings. The second-order valence-electron chi connectivity index (χ2n) is 6.70. The summed E-state index contributed by atoms with van der Waals surface area (Å²) in [6.07, 6.45) is 5.17. The maximum Gasteiger partial charge on any atom is 0.309 e. The molecule has 0 amide bonds. The van der Waals surface area contributed by atoms with E-state index in [-0.39, 0.29) is 6.42 Å². The van der Waals surface area contributed by atoms with E-state index in [1.54, 1.807) is 19.9 Å². The number of hydrogen-bond donors (Lipinski definition) is 1. The molecule has 0 bridgehead atoms. The average Bonchev–Trinajstić information content (AvgIpc) is 2.65. The second-order valence-corrected chi connectivity index (χ2v) is 6.70. The van der Waals surface area contributed by atoms with Gasteiger partial charge in [0.2, 0.25) is 0 Å². The largest absolute Gasteiger partial charge is 0.489 e. The van der Waals surface area contributed by atoms with Gasteiger partial charge in [-0.05, 0) is 49.9 Å². The van der Waals surface area contributed by atoms with Crippen molar-refractivity contribution in [2.24, 2.45) is 0 Å². The highest BCUT2D eigenvalue weighted by molar-refractivity contribution is 5.71. The van der Waals surface area contributed by atoms with E-state index in [1.165, 1.54) is 5.56 Å². The molecule has 0 radical (unpaired) electrons. The zero-order chi connectivity index (χ0) is 19.5. The lowest BCUT2D eigenvalue weighted by Crippen LogP contribution is -2.26. The quantitative estimate of drug-likeness (QED) is 0.497. The molecule has 2 aromatic carbocycles. The predicted octanol–water partition coefficient (Wildman–Crippen LogP) is 4.46. The topological polar surface area (TPSA) is 55.8 Å². The monoisotopic (exact) mass is 368 g/mol. The molecule has 1 N–H and O–H groups in total. The minimum absolute atomic E-state index is 0.0369. The molecular weight excluding hydrogens is 340 g/mol. The van der Waals surface area contributed by atoms with Crippen LogP contribution in [0.2, 0.25) is 0 Å². The van der Waals surface area contributed by atoms with Crippen LogP contribution in [0.5, 0.6) is 5.75 Å². The summed E-state index contributed by atoms with van der Waals surface area (Å²) in [5.74, 6) is 0.453. The molecule has 0 aliphatic carbocycles. The van der Waals surface area contributed by atoms with Crippen molar-refractivity contribution >= 4 is 5.97 Å². The summed E-state index contributed by atoms with van der Waals surface area (Å²) in [6, 6.07) is 18.1. The van der Waals surface area contributed by atoms with E-state index in [1.807, 2.05) is 60.7 Å². The van der Waals surface area contributed by atoms with Crippen LogP contribution in [0.15, 0.2) is 66.7 Å². The van der Waals surface area contributed by atoms with E-state index in [9.17, 15) is 9.90 Å². The Labute approximate surface area is 161 Å². The SMILES string of the molecule is CCOC(=O)CC(C)(O)/C=C/CCc1ccc(OCc2ccccc2)cc1. The van der Waals surface area contributed by atoms with Gasteiger partial charge in [0.1, 0.15) is 12.4 Å². The Hall–Kier alpha value is -2.59. The number of carbonyl (C=O) groups is 1. The molecule has 0 aromatic heterocycles. The molecule has 0 aliphatic heterocycles. The molecule has 1 atom stereocenters. The van der Waals surface area contributed by atoms with Gasteiger partial charge in [0.25, 0.3) is 0 Å². The van der Waals surface area contributed by atoms with Crippen molar-refractivity contribution in [3.63, 3.8) is 0 Å². The van der Waals surface area contributed by atoms with Crippen molar-refractivity contribution in [3.05, 3.63) is 77.9 Å². The Bertz CT molecular complexity index is 718. The molecule has 4 heteroatoms. The number of aryl methyl sites for hydroxylation is 1. The van der Waals surface area contributed by atoms with Crippen LogP contribution in [0.3, 0.4) is 0 Å². The van der Waals surface area contributed by atoms with Crippen LogP contribution in [0, 0.1) is 0 Å². The van der Waals surface area contributed by atoms with Crippen LogP contribution < -0.4 is 4.74 Å². The van der Waals surface area contributed by atoms with Crippen LogP contribution in [-0.2, 0) is 22.6 Å². The fourth-order valence-electron chi connectivity index (χ4n) is 2.64. The van der Waals surface area contributed by atoms with Crippen LogP contribution >= 0.6 is 0 Å². The Kier molecular flexibility index (Phi) is 8.08. The van der Waals surface area contributed by atoms with E-state index >= 15 is 0 Å². The summed E-state index contributed by atoms with van der Waals surface area (Å²) < 4.78 is 10.7. The standard InChI is InChI=1S/C23H28O4/c1-3-26-22(24)17-23(2,25)16-8-7-9-19-12-14-21(15-13-19)27-18-20-10-5-4-6-11-20/h4-6,8,10-16,25H,3,7,9,17-18H2,1-2H3/b16-8+. The molecule has 2 aromatic rings. The molecule has 144 valence electrons. The second kappa shape index (κ2) is 10.5. The molecule has 0 saturated carbocycles. The number of carbonyl (C=O) groups excluding carboxylic acids is 1. The Morgan fingerprint density at radius 2 is 1.78 bits per heavy atom. The lowest BCUT2D eigenvalue weighted by molar-refractivity contribution is -0.146. The van der Waals surface area contributed by atoms with Gasteiger partial charge in [-0.1, -0.05) is 54.6 Å². The van der Waals surface area contributed by atoms with E-state index in [0.29, 0.717) is 13.2 Å². The summed E-state index contributed by atoms with van der Waals surface area (Å²) in [7, 11) is 0. The predicted molar refractivity (Wildman–Crippen MR) is 107 cm³/mol. The summed E-state index contributed by atoms with van der Waals surface area (Å²) >= 11 is 0. The fraction of sp³-hybridized carbons (Fsp3) is 0.348. The minimum atomic E-state index is -1.18. The summed E-state index contributed by atoms with van der Waals surface area (Å²) in [5.41, 5.74) is 1.15. The number of esters is 1. The van der Waals surface area contributed by atoms with Crippen molar-refractivity contribution in [1.29, 1.82) is 0 Å². The smallest absolute Gasteiger partial charge is 0.309 e. The lowest BCUT2D eigenvalue weighted by atomic mass is 10.0. The molecule has 1 unspecified atom stereocenters. The Morgan fingerprint density at radius 1 is 1.07 bits per heavy atom. The van der Waals surface area contributed by atoms with Crippen LogP contribution in [0.4, 0.5) is 0 Å². The molecule has 2 rings (SSSR count). The van der Waals surface area contributed by atoms with E-state index in [2.05, 4.69) is 0 Å². The maximum atomic E-state index is 11.5. The molecule has 27 heavy (non-hydrogen) atoms. The van der Waals surface area contributed by atoms with E-state index < -0.39 is 11.6 Å². The molecular formula is C23H28O4. The first kappa shape index (κ1) is 20.7. The van der Waals surface area contributed by atoms with Crippen molar-refractivity contribution in [3.8, 4) is 5.75 Å². The van der Waals surface area contributed by atoms with E-state index in [4.69, 9.17) is 9.47 Å². The van der Waals surface area contributed by atoms with Gasteiger partial charge in [-0.2, -0.15) is 0 Å². The average molecular weight is 368 g/mol. The normalized spacial score (nSPS) is 13.3. The highest BCUT2D eigenvalue weighted by Gasteiger charge is 2.21. The first-order valence-corrected chi connectivity index (χ1v) is 9.30.